The Morgan fingerprint density at radius 1 is 1.18 bits per heavy atom. The highest BCUT2D eigenvalue weighted by molar-refractivity contribution is 5.96. The SMILES string of the molecule is Cc1ccc(C(=O)Cn2c3[n+](c4ccccc42)CCN3)cc1. The maximum Gasteiger partial charge on any atom is 0.359 e. The summed E-state index contributed by atoms with van der Waals surface area (Å²) in [6, 6.07) is 16.0. The monoisotopic (exact) mass is 292 g/mol. The predicted octanol–water partition coefficient (Wildman–Crippen LogP) is 2.55. The Labute approximate surface area is 129 Å². The molecule has 2 heterocycles. The van der Waals surface area contributed by atoms with Gasteiger partial charge in [0.25, 0.3) is 0 Å². The third-order valence-corrected chi connectivity index (χ3v) is 4.27. The Morgan fingerprint density at radius 2 is 1.95 bits per heavy atom. The van der Waals surface area contributed by atoms with Gasteiger partial charge in [-0.2, -0.15) is 0 Å². The van der Waals surface area contributed by atoms with Gasteiger partial charge in [-0.05, 0) is 19.1 Å². The van der Waals surface area contributed by atoms with E-state index in [1.54, 1.807) is 0 Å². The molecular weight excluding hydrogens is 274 g/mol. The highest BCUT2D eigenvalue weighted by Gasteiger charge is 2.28. The van der Waals surface area contributed by atoms with Gasteiger partial charge in [-0.1, -0.05) is 42.0 Å². The molecule has 0 spiro atoms. The molecule has 0 saturated carbocycles. The Kier molecular flexibility index (Phi) is 2.96. The van der Waals surface area contributed by atoms with Crippen molar-refractivity contribution in [3.05, 3.63) is 59.7 Å². The van der Waals surface area contributed by atoms with Crippen LogP contribution in [0.25, 0.3) is 11.0 Å². The second-order valence-corrected chi connectivity index (χ2v) is 5.77. The molecule has 0 atom stereocenters. The summed E-state index contributed by atoms with van der Waals surface area (Å²) in [5.74, 6) is 1.17. The third-order valence-electron chi connectivity index (χ3n) is 4.27. The van der Waals surface area contributed by atoms with Crippen LogP contribution in [0.3, 0.4) is 0 Å². The normalized spacial score (nSPS) is 13.1. The number of aryl methyl sites for hydroxylation is 1. The lowest BCUT2D eigenvalue weighted by Gasteiger charge is -2.03. The molecule has 1 N–H and O–H groups in total. The first-order chi connectivity index (χ1) is 10.7. The van der Waals surface area contributed by atoms with E-state index in [9.17, 15) is 4.79 Å². The molecule has 4 nitrogen and oxygen atoms in total. The zero-order valence-corrected chi connectivity index (χ0v) is 12.5. The molecule has 110 valence electrons. The molecule has 3 aromatic rings. The van der Waals surface area contributed by atoms with E-state index in [-0.39, 0.29) is 5.78 Å². The average Bonchev–Trinajstić information content (AvgIpc) is 3.11. The fourth-order valence-electron chi connectivity index (χ4n) is 3.13. The summed E-state index contributed by atoms with van der Waals surface area (Å²) in [6.45, 7) is 4.25. The second-order valence-electron chi connectivity index (χ2n) is 5.77. The molecule has 0 bridgehead atoms. The molecule has 1 aliphatic heterocycles. The first-order valence-electron chi connectivity index (χ1n) is 7.59. The van der Waals surface area contributed by atoms with Crippen LogP contribution in [-0.4, -0.2) is 16.9 Å². The molecule has 0 amide bonds. The topological polar surface area (TPSA) is 37.9 Å². The third kappa shape index (κ3) is 1.99. The van der Waals surface area contributed by atoms with Gasteiger partial charge in [0.05, 0.1) is 6.54 Å². The minimum absolute atomic E-state index is 0.137. The minimum atomic E-state index is 0.137. The largest absolute Gasteiger partial charge is 0.359 e. The van der Waals surface area contributed by atoms with Crippen LogP contribution in [0, 0.1) is 6.92 Å². The number of hydrogen-bond acceptors (Lipinski definition) is 2. The number of nitrogens with one attached hydrogen (secondary N) is 1. The van der Waals surface area contributed by atoms with Gasteiger partial charge in [0.1, 0.15) is 24.1 Å². The zero-order valence-electron chi connectivity index (χ0n) is 12.5. The van der Waals surface area contributed by atoms with Crippen molar-refractivity contribution in [2.75, 3.05) is 11.9 Å². The average molecular weight is 292 g/mol. The van der Waals surface area contributed by atoms with Crippen LogP contribution in [-0.2, 0) is 13.1 Å². The molecule has 22 heavy (non-hydrogen) atoms. The molecule has 0 radical (unpaired) electrons. The van der Waals surface area contributed by atoms with Gasteiger partial charge in [-0.3, -0.25) is 10.1 Å². The van der Waals surface area contributed by atoms with Crippen molar-refractivity contribution in [2.45, 2.75) is 20.0 Å². The van der Waals surface area contributed by atoms with Crippen molar-refractivity contribution < 1.29 is 9.36 Å². The highest BCUT2D eigenvalue weighted by Crippen LogP contribution is 2.21. The summed E-state index contributed by atoms with van der Waals surface area (Å²) >= 11 is 0. The number of rotatable bonds is 3. The van der Waals surface area contributed by atoms with Crippen molar-refractivity contribution >= 4 is 22.8 Å². The number of para-hydroxylation sites is 2. The lowest BCUT2D eigenvalue weighted by molar-refractivity contribution is -0.644. The van der Waals surface area contributed by atoms with Crippen LogP contribution in [0.15, 0.2) is 48.5 Å². The van der Waals surface area contributed by atoms with Crippen molar-refractivity contribution in [1.29, 1.82) is 0 Å². The number of carbonyl (C=O) groups excluding carboxylic acids is 1. The van der Waals surface area contributed by atoms with Gasteiger partial charge in [0, 0.05) is 5.56 Å². The molecule has 4 heteroatoms. The van der Waals surface area contributed by atoms with E-state index in [1.807, 2.05) is 43.3 Å². The molecule has 1 aromatic heterocycles. The molecule has 0 saturated heterocycles. The van der Waals surface area contributed by atoms with Gasteiger partial charge >= 0.3 is 5.95 Å². The Hall–Kier alpha value is -2.62. The van der Waals surface area contributed by atoms with Crippen LogP contribution in [0.4, 0.5) is 5.95 Å². The van der Waals surface area contributed by atoms with E-state index in [2.05, 4.69) is 26.6 Å². The Bertz CT molecular complexity index is 862. The summed E-state index contributed by atoms with van der Waals surface area (Å²) in [5, 5.41) is 3.40. The van der Waals surface area contributed by atoms with Gasteiger partial charge in [-0.15, -0.1) is 0 Å². The van der Waals surface area contributed by atoms with Crippen LogP contribution in [0.5, 0.6) is 0 Å². The van der Waals surface area contributed by atoms with Crippen LogP contribution >= 0.6 is 0 Å². The van der Waals surface area contributed by atoms with E-state index in [0.717, 1.165) is 30.1 Å². The van der Waals surface area contributed by atoms with E-state index in [4.69, 9.17) is 0 Å². The lowest BCUT2D eigenvalue weighted by Crippen LogP contribution is -2.29. The van der Waals surface area contributed by atoms with Crippen LogP contribution < -0.4 is 9.88 Å². The Morgan fingerprint density at radius 3 is 2.77 bits per heavy atom. The smallest absolute Gasteiger partial charge is 0.291 e. The molecule has 0 fully saturated rings. The maximum atomic E-state index is 12.6. The Balaban J connectivity index is 1.75. The number of aromatic nitrogens is 2. The molecule has 0 aliphatic carbocycles. The lowest BCUT2D eigenvalue weighted by atomic mass is 10.1. The van der Waals surface area contributed by atoms with E-state index < -0.39 is 0 Å². The fraction of sp³-hybridized carbons (Fsp3) is 0.222. The molecule has 4 rings (SSSR count). The van der Waals surface area contributed by atoms with E-state index in [1.165, 1.54) is 11.1 Å². The van der Waals surface area contributed by atoms with Gasteiger partial charge in [0.15, 0.2) is 5.78 Å². The number of nitrogens with zero attached hydrogens (tertiary/aromatic N) is 2. The van der Waals surface area contributed by atoms with Gasteiger partial charge in [-0.25, -0.2) is 9.13 Å². The van der Waals surface area contributed by atoms with E-state index >= 15 is 0 Å². The molecule has 0 unspecified atom stereocenters. The second kappa shape index (κ2) is 4.98. The predicted molar refractivity (Wildman–Crippen MR) is 86.1 cm³/mol. The maximum absolute atomic E-state index is 12.6. The zero-order chi connectivity index (χ0) is 15.1. The fourth-order valence-corrected chi connectivity index (χ4v) is 3.13. The molecular formula is C18H18N3O+. The standard InChI is InChI=1S/C18H17N3O/c1-13-6-8-14(9-7-13)17(22)12-21-16-5-3-2-4-15(16)20-11-10-19-18(20)21/h2-9H,10-12H2,1H3/p+1. The summed E-state index contributed by atoms with van der Waals surface area (Å²) < 4.78 is 4.34. The highest BCUT2D eigenvalue weighted by atomic mass is 16.1. The molecule has 2 aromatic carbocycles. The summed E-state index contributed by atoms with van der Waals surface area (Å²) in [7, 11) is 0. The van der Waals surface area contributed by atoms with Crippen molar-refractivity contribution in [1.82, 2.24) is 4.57 Å². The van der Waals surface area contributed by atoms with Gasteiger partial charge < -0.3 is 0 Å². The molecule has 1 aliphatic rings. The number of carbonyl (C=O) groups is 1. The first-order valence-corrected chi connectivity index (χ1v) is 7.59. The number of ketones is 1. The van der Waals surface area contributed by atoms with Crippen LogP contribution in [0.2, 0.25) is 0 Å². The number of imidazole rings is 1. The quantitative estimate of drug-likeness (QED) is 0.595. The number of Topliss-reactive ketones (excluding diaryl/α,β-unsaturated/α-hetero) is 1. The van der Waals surface area contributed by atoms with E-state index in [0.29, 0.717) is 6.54 Å². The summed E-state index contributed by atoms with van der Waals surface area (Å²) in [6.07, 6.45) is 0. The number of anilines is 1. The summed E-state index contributed by atoms with van der Waals surface area (Å²) in [4.78, 5) is 12.6. The minimum Gasteiger partial charge on any atom is -0.291 e. The van der Waals surface area contributed by atoms with Crippen molar-refractivity contribution in [2.24, 2.45) is 0 Å². The summed E-state index contributed by atoms with van der Waals surface area (Å²) in [5.41, 5.74) is 4.21. The number of benzene rings is 2. The van der Waals surface area contributed by atoms with Crippen LogP contribution in [0.1, 0.15) is 15.9 Å². The van der Waals surface area contributed by atoms with Gasteiger partial charge in [0.2, 0.25) is 0 Å². The van der Waals surface area contributed by atoms with Crippen molar-refractivity contribution in [3.8, 4) is 0 Å². The first kappa shape index (κ1) is 13.1. The van der Waals surface area contributed by atoms with Crippen molar-refractivity contribution in [3.63, 3.8) is 0 Å². The number of fused-ring (bicyclic) bond motifs is 3. The number of hydrogen-bond donors (Lipinski definition) is 1.